The zero-order valence-corrected chi connectivity index (χ0v) is 12.8. The lowest BCUT2D eigenvalue weighted by atomic mass is 10.1. The fourth-order valence-corrected chi connectivity index (χ4v) is 2.33. The van der Waals surface area contributed by atoms with Crippen LogP contribution in [-0.2, 0) is 0 Å². The molecule has 2 aromatic rings. The van der Waals surface area contributed by atoms with E-state index >= 15 is 0 Å². The van der Waals surface area contributed by atoms with Crippen molar-refractivity contribution in [3.05, 3.63) is 63.5 Å². The first-order valence-corrected chi connectivity index (χ1v) is 7.16. The smallest absolute Gasteiger partial charge is 0.0298 e. The summed E-state index contributed by atoms with van der Waals surface area (Å²) < 4.78 is 1.27. The zero-order valence-electron chi connectivity index (χ0n) is 10.6. The average molecular weight is 352 g/mol. The fraction of sp³-hybridized carbons (Fsp3) is 0.267. The quantitative estimate of drug-likeness (QED) is 0.839. The maximum absolute atomic E-state index is 4.05. The topological polar surface area (TPSA) is 24.9 Å². The molecule has 0 aliphatic rings. The molecule has 1 N–H and O–H groups in total. The minimum Gasteiger partial charge on any atom is -0.304 e. The highest BCUT2D eigenvalue weighted by Gasteiger charge is 2.10. The highest BCUT2D eigenvalue weighted by atomic mass is 127. The molecule has 3 heteroatoms. The molecule has 0 saturated carbocycles. The second-order valence-electron chi connectivity index (χ2n) is 4.44. The Hall–Kier alpha value is -0.940. The van der Waals surface area contributed by atoms with Gasteiger partial charge in [-0.2, -0.15) is 0 Å². The Bertz CT molecular complexity index is 482. The molecule has 0 spiro atoms. The van der Waals surface area contributed by atoms with E-state index in [0.717, 1.165) is 0 Å². The van der Waals surface area contributed by atoms with E-state index < -0.39 is 0 Å². The lowest BCUT2D eigenvalue weighted by Crippen LogP contribution is -2.22. The minimum absolute atomic E-state index is 0.322. The summed E-state index contributed by atoms with van der Waals surface area (Å²) in [7, 11) is 0. The molecule has 0 aliphatic heterocycles. The van der Waals surface area contributed by atoms with Gasteiger partial charge in [-0.25, -0.2) is 0 Å². The van der Waals surface area contributed by atoms with Crippen molar-refractivity contribution in [3.8, 4) is 0 Å². The van der Waals surface area contributed by atoms with Crippen LogP contribution in [0.5, 0.6) is 0 Å². The normalized spacial score (nSPS) is 14.2. The predicted molar refractivity (Wildman–Crippen MR) is 83.4 cm³/mol. The van der Waals surface area contributed by atoms with Crippen molar-refractivity contribution in [2.75, 3.05) is 0 Å². The number of hydrogen-bond acceptors (Lipinski definition) is 2. The number of pyridine rings is 1. The molecule has 0 saturated heterocycles. The molecule has 0 fully saturated rings. The highest BCUT2D eigenvalue weighted by Crippen LogP contribution is 2.19. The van der Waals surface area contributed by atoms with E-state index in [0.29, 0.717) is 12.1 Å². The lowest BCUT2D eigenvalue weighted by Gasteiger charge is -2.20. The van der Waals surface area contributed by atoms with Crippen molar-refractivity contribution in [1.29, 1.82) is 0 Å². The third-order valence-corrected chi connectivity index (χ3v) is 3.80. The van der Waals surface area contributed by atoms with E-state index in [2.05, 4.69) is 83.1 Å². The first-order valence-electron chi connectivity index (χ1n) is 6.08. The molecule has 2 atom stereocenters. The number of nitrogens with one attached hydrogen (secondary N) is 1. The van der Waals surface area contributed by atoms with Gasteiger partial charge < -0.3 is 5.32 Å². The summed E-state index contributed by atoms with van der Waals surface area (Å²) in [4.78, 5) is 4.05. The van der Waals surface area contributed by atoms with Crippen LogP contribution in [0.3, 0.4) is 0 Å². The Balaban J connectivity index is 2.03. The maximum Gasteiger partial charge on any atom is 0.0298 e. The van der Waals surface area contributed by atoms with E-state index in [1.54, 1.807) is 0 Å². The lowest BCUT2D eigenvalue weighted by molar-refractivity contribution is 0.494. The molecule has 94 valence electrons. The number of halogens is 1. The molecule has 2 rings (SSSR count). The van der Waals surface area contributed by atoms with Crippen LogP contribution in [-0.4, -0.2) is 4.98 Å². The van der Waals surface area contributed by atoms with Crippen LogP contribution in [0.25, 0.3) is 0 Å². The van der Waals surface area contributed by atoms with Crippen molar-refractivity contribution in [1.82, 2.24) is 10.3 Å². The molecular weight excluding hydrogens is 335 g/mol. The highest BCUT2D eigenvalue weighted by molar-refractivity contribution is 14.1. The summed E-state index contributed by atoms with van der Waals surface area (Å²) in [5.74, 6) is 0. The van der Waals surface area contributed by atoms with Gasteiger partial charge in [-0.3, -0.25) is 4.98 Å². The van der Waals surface area contributed by atoms with Crippen LogP contribution < -0.4 is 5.32 Å². The van der Waals surface area contributed by atoms with Gasteiger partial charge in [0.15, 0.2) is 0 Å². The first-order chi connectivity index (χ1) is 8.66. The molecule has 1 aromatic carbocycles. The van der Waals surface area contributed by atoms with Crippen molar-refractivity contribution in [2.24, 2.45) is 0 Å². The Morgan fingerprint density at radius 1 is 0.889 bits per heavy atom. The van der Waals surface area contributed by atoms with Gasteiger partial charge in [0.25, 0.3) is 0 Å². The standard InChI is InChI=1S/C15H17IN2/c1-11(13-3-5-15(16)6-4-13)18-12(2)14-7-9-17-10-8-14/h3-12,18H,1-2H3/t11?,12-/m1/s1. The Morgan fingerprint density at radius 2 is 1.39 bits per heavy atom. The van der Waals surface area contributed by atoms with Crippen LogP contribution in [0.15, 0.2) is 48.8 Å². The summed E-state index contributed by atoms with van der Waals surface area (Å²) in [5.41, 5.74) is 2.58. The van der Waals surface area contributed by atoms with E-state index in [4.69, 9.17) is 0 Å². The van der Waals surface area contributed by atoms with Gasteiger partial charge in [-0.05, 0) is 71.8 Å². The van der Waals surface area contributed by atoms with Crippen LogP contribution in [0, 0.1) is 3.57 Å². The summed E-state index contributed by atoms with van der Waals surface area (Å²) in [6.45, 7) is 4.37. The van der Waals surface area contributed by atoms with E-state index in [1.807, 2.05) is 12.4 Å². The van der Waals surface area contributed by atoms with Crippen LogP contribution >= 0.6 is 22.6 Å². The summed E-state index contributed by atoms with van der Waals surface area (Å²) >= 11 is 2.33. The molecular formula is C15H17IN2. The van der Waals surface area contributed by atoms with Gasteiger partial charge in [-0.15, -0.1) is 0 Å². The van der Waals surface area contributed by atoms with Gasteiger partial charge in [0.2, 0.25) is 0 Å². The third kappa shape index (κ3) is 3.53. The number of hydrogen-bond donors (Lipinski definition) is 1. The molecule has 0 aliphatic carbocycles. The van der Waals surface area contributed by atoms with Crippen LogP contribution in [0.2, 0.25) is 0 Å². The second-order valence-corrected chi connectivity index (χ2v) is 5.69. The molecule has 0 bridgehead atoms. The molecule has 0 radical (unpaired) electrons. The minimum atomic E-state index is 0.322. The van der Waals surface area contributed by atoms with Gasteiger partial charge in [0.05, 0.1) is 0 Å². The number of nitrogens with zero attached hydrogens (tertiary/aromatic N) is 1. The Morgan fingerprint density at radius 3 is 1.94 bits per heavy atom. The SMILES string of the molecule is CC(N[C@H](C)c1ccncc1)c1ccc(I)cc1. The molecule has 18 heavy (non-hydrogen) atoms. The molecule has 2 nitrogen and oxygen atoms in total. The van der Waals surface area contributed by atoms with Gasteiger partial charge in [0.1, 0.15) is 0 Å². The first kappa shape index (κ1) is 13.5. The number of rotatable bonds is 4. The van der Waals surface area contributed by atoms with Crippen LogP contribution in [0.4, 0.5) is 0 Å². The summed E-state index contributed by atoms with van der Waals surface area (Å²) in [6.07, 6.45) is 3.67. The zero-order chi connectivity index (χ0) is 13.0. The second kappa shape index (κ2) is 6.29. The van der Waals surface area contributed by atoms with E-state index in [1.165, 1.54) is 14.7 Å². The van der Waals surface area contributed by atoms with Crippen molar-refractivity contribution < 1.29 is 0 Å². The monoisotopic (exact) mass is 352 g/mol. The molecule has 1 aromatic heterocycles. The maximum atomic E-state index is 4.05. The molecule has 1 heterocycles. The number of benzene rings is 1. The van der Waals surface area contributed by atoms with Crippen molar-refractivity contribution in [2.45, 2.75) is 25.9 Å². The predicted octanol–water partition coefficient (Wildman–Crippen LogP) is 4.10. The molecule has 0 amide bonds. The van der Waals surface area contributed by atoms with Crippen molar-refractivity contribution >= 4 is 22.6 Å². The number of aromatic nitrogens is 1. The van der Waals surface area contributed by atoms with Crippen LogP contribution in [0.1, 0.15) is 37.1 Å². The van der Waals surface area contributed by atoms with Gasteiger partial charge >= 0.3 is 0 Å². The molecule has 1 unspecified atom stereocenters. The Labute approximate surface area is 122 Å². The Kier molecular flexibility index (Phi) is 4.72. The fourth-order valence-electron chi connectivity index (χ4n) is 1.97. The third-order valence-electron chi connectivity index (χ3n) is 3.08. The van der Waals surface area contributed by atoms with Gasteiger partial charge in [0, 0.05) is 28.0 Å². The largest absolute Gasteiger partial charge is 0.304 e. The summed E-state index contributed by atoms with van der Waals surface area (Å²) in [5, 5.41) is 3.60. The average Bonchev–Trinajstić information content (AvgIpc) is 2.40. The van der Waals surface area contributed by atoms with E-state index in [-0.39, 0.29) is 0 Å². The van der Waals surface area contributed by atoms with Crippen molar-refractivity contribution in [3.63, 3.8) is 0 Å². The summed E-state index contributed by atoms with van der Waals surface area (Å²) in [6, 6.07) is 13.4. The van der Waals surface area contributed by atoms with E-state index in [9.17, 15) is 0 Å². The van der Waals surface area contributed by atoms with Gasteiger partial charge in [-0.1, -0.05) is 12.1 Å².